The third-order valence-corrected chi connectivity index (χ3v) is 3.17. The van der Waals surface area contributed by atoms with Gasteiger partial charge in [0.2, 0.25) is 0 Å². The van der Waals surface area contributed by atoms with E-state index in [2.05, 4.69) is 0 Å². The SMILES string of the molecule is NC1CCC(c2ccc(F)cc2F)CC1. The van der Waals surface area contributed by atoms with Crippen molar-refractivity contribution in [2.45, 2.75) is 37.6 Å². The van der Waals surface area contributed by atoms with E-state index in [1.54, 1.807) is 6.07 Å². The molecule has 82 valence electrons. The lowest BCUT2D eigenvalue weighted by Crippen LogP contribution is -2.26. The van der Waals surface area contributed by atoms with Gasteiger partial charge in [0.25, 0.3) is 0 Å². The third kappa shape index (κ3) is 2.34. The zero-order valence-corrected chi connectivity index (χ0v) is 8.55. The van der Waals surface area contributed by atoms with Gasteiger partial charge >= 0.3 is 0 Å². The summed E-state index contributed by atoms with van der Waals surface area (Å²) in [5, 5.41) is 0. The maximum atomic E-state index is 13.5. The molecule has 0 aliphatic heterocycles. The second kappa shape index (κ2) is 4.27. The average Bonchev–Trinajstić information content (AvgIpc) is 2.20. The highest BCUT2D eigenvalue weighted by Gasteiger charge is 2.22. The second-order valence-corrected chi connectivity index (χ2v) is 4.28. The smallest absolute Gasteiger partial charge is 0.129 e. The minimum Gasteiger partial charge on any atom is -0.328 e. The molecule has 1 fully saturated rings. The summed E-state index contributed by atoms with van der Waals surface area (Å²) >= 11 is 0. The Hall–Kier alpha value is -0.960. The van der Waals surface area contributed by atoms with Crippen molar-refractivity contribution < 1.29 is 8.78 Å². The average molecular weight is 211 g/mol. The van der Waals surface area contributed by atoms with Crippen LogP contribution in [-0.4, -0.2) is 6.04 Å². The van der Waals surface area contributed by atoms with Crippen LogP contribution in [0.2, 0.25) is 0 Å². The zero-order chi connectivity index (χ0) is 10.8. The largest absolute Gasteiger partial charge is 0.328 e. The van der Waals surface area contributed by atoms with Gasteiger partial charge in [-0.1, -0.05) is 6.07 Å². The van der Waals surface area contributed by atoms with Gasteiger partial charge in [-0.2, -0.15) is 0 Å². The number of rotatable bonds is 1. The van der Waals surface area contributed by atoms with Crippen LogP contribution >= 0.6 is 0 Å². The number of hydrogen-bond donors (Lipinski definition) is 1. The maximum absolute atomic E-state index is 13.5. The molecule has 0 spiro atoms. The highest BCUT2D eigenvalue weighted by atomic mass is 19.1. The number of nitrogens with two attached hydrogens (primary N) is 1. The topological polar surface area (TPSA) is 26.0 Å². The predicted octanol–water partition coefficient (Wildman–Crippen LogP) is 2.95. The van der Waals surface area contributed by atoms with Crippen molar-refractivity contribution in [2.75, 3.05) is 0 Å². The van der Waals surface area contributed by atoms with E-state index in [-0.39, 0.29) is 12.0 Å². The summed E-state index contributed by atoms with van der Waals surface area (Å²) in [5.41, 5.74) is 6.43. The van der Waals surface area contributed by atoms with E-state index < -0.39 is 11.6 Å². The van der Waals surface area contributed by atoms with Crippen LogP contribution < -0.4 is 5.73 Å². The quantitative estimate of drug-likeness (QED) is 0.759. The predicted molar refractivity (Wildman–Crippen MR) is 55.5 cm³/mol. The lowest BCUT2D eigenvalue weighted by atomic mass is 9.82. The van der Waals surface area contributed by atoms with Gasteiger partial charge in [0, 0.05) is 12.1 Å². The number of hydrogen-bond acceptors (Lipinski definition) is 1. The van der Waals surface area contributed by atoms with E-state index >= 15 is 0 Å². The Labute approximate surface area is 88.3 Å². The number of benzene rings is 1. The molecule has 0 heterocycles. The molecule has 2 N–H and O–H groups in total. The Morgan fingerprint density at radius 3 is 2.33 bits per heavy atom. The van der Waals surface area contributed by atoms with Crippen LogP contribution in [0, 0.1) is 11.6 Å². The molecular formula is C12H15F2N. The molecule has 0 amide bonds. The van der Waals surface area contributed by atoms with Gasteiger partial charge in [0.1, 0.15) is 11.6 Å². The van der Waals surface area contributed by atoms with Gasteiger partial charge in [0.05, 0.1) is 0 Å². The summed E-state index contributed by atoms with van der Waals surface area (Å²) in [6.07, 6.45) is 3.68. The Morgan fingerprint density at radius 1 is 1.07 bits per heavy atom. The van der Waals surface area contributed by atoms with E-state index in [4.69, 9.17) is 5.73 Å². The van der Waals surface area contributed by atoms with Crippen molar-refractivity contribution in [2.24, 2.45) is 5.73 Å². The van der Waals surface area contributed by atoms with Crippen molar-refractivity contribution in [3.63, 3.8) is 0 Å². The normalized spacial score (nSPS) is 26.6. The molecular weight excluding hydrogens is 196 g/mol. The van der Waals surface area contributed by atoms with Crippen molar-refractivity contribution in [3.05, 3.63) is 35.4 Å². The molecule has 0 aromatic heterocycles. The molecule has 0 atom stereocenters. The lowest BCUT2D eigenvalue weighted by molar-refractivity contribution is 0.386. The third-order valence-electron chi connectivity index (χ3n) is 3.17. The van der Waals surface area contributed by atoms with E-state index in [9.17, 15) is 8.78 Å². The minimum absolute atomic E-state index is 0.213. The number of halogens is 2. The van der Waals surface area contributed by atoms with Gasteiger partial charge < -0.3 is 5.73 Å². The first-order valence-corrected chi connectivity index (χ1v) is 5.37. The molecule has 1 aromatic carbocycles. The highest BCUT2D eigenvalue weighted by Crippen LogP contribution is 2.33. The summed E-state index contributed by atoms with van der Waals surface area (Å²) in [6.45, 7) is 0. The van der Waals surface area contributed by atoms with Gasteiger partial charge in [-0.25, -0.2) is 8.78 Å². The first kappa shape index (κ1) is 10.6. The van der Waals surface area contributed by atoms with Crippen LogP contribution in [0.25, 0.3) is 0 Å². The Morgan fingerprint density at radius 2 is 1.73 bits per heavy atom. The van der Waals surface area contributed by atoms with Gasteiger partial charge in [-0.3, -0.25) is 0 Å². The molecule has 15 heavy (non-hydrogen) atoms. The first-order chi connectivity index (χ1) is 7.16. The van der Waals surface area contributed by atoms with Crippen LogP contribution in [0.4, 0.5) is 8.78 Å². The summed E-state index contributed by atoms with van der Waals surface area (Å²) in [6, 6.07) is 4.10. The summed E-state index contributed by atoms with van der Waals surface area (Å²) < 4.78 is 26.2. The van der Waals surface area contributed by atoms with Crippen LogP contribution in [0.3, 0.4) is 0 Å². The zero-order valence-electron chi connectivity index (χ0n) is 8.55. The molecule has 1 nitrogen and oxygen atoms in total. The summed E-state index contributed by atoms with van der Waals surface area (Å²) in [5.74, 6) is -0.718. The molecule has 0 bridgehead atoms. The fourth-order valence-electron chi connectivity index (χ4n) is 2.26. The first-order valence-electron chi connectivity index (χ1n) is 5.37. The van der Waals surface area contributed by atoms with Crippen molar-refractivity contribution in [1.29, 1.82) is 0 Å². The molecule has 2 rings (SSSR count). The highest BCUT2D eigenvalue weighted by molar-refractivity contribution is 5.23. The monoisotopic (exact) mass is 211 g/mol. The van der Waals surface area contributed by atoms with Crippen molar-refractivity contribution >= 4 is 0 Å². The van der Waals surface area contributed by atoms with Crippen LogP contribution in [0.15, 0.2) is 18.2 Å². The lowest BCUT2D eigenvalue weighted by Gasteiger charge is -2.26. The van der Waals surface area contributed by atoms with E-state index in [1.165, 1.54) is 6.07 Å². The molecule has 1 aliphatic rings. The second-order valence-electron chi connectivity index (χ2n) is 4.28. The molecule has 1 aromatic rings. The molecule has 1 aliphatic carbocycles. The Bertz CT molecular complexity index is 343. The van der Waals surface area contributed by atoms with Crippen LogP contribution in [-0.2, 0) is 0 Å². The fourth-order valence-corrected chi connectivity index (χ4v) is 2.26. The van der Waals surface area contributed by atoms with Crippen molar-refractivity contribution in [1.82, 2.24) is 0 Å². The van der Waals surface area contributed by atoms with E-state index in [0.717, 1.165) is 31.7 Å². The van der Waals surface area contributed by atoms with Crippen LogP contribution in [0.1, 0.15) is 37.2 Å². The molecule has 0 unspecified atom stereocenters. The molecule has 0 radical (unpaired) electrons. The molecule has 3 heteroatoms. The molecule has 1 saturated carbocycles. The van der Waals surface area contributed by atoms with Gasteiger partial charge in [-0.05, 0) is 43.2 Å². The minimum atomic E-state index is -0.510. The van der Waals surface area contributed by atoms with Crippen LogP contribution in [0.5, 0.6) is 0 Å². The maximum Gasteiger partial charge on any atom is 0.129 e. The molecule has 0 saturated heterocycles. The fraction of sp³-hybridized carbons (Fsp3) is 0.500. The Kier molecular flexibility index (Phi) is 3.00. The van der Waals surface area contributed by atoms with Gasteiger partial charge in [-0.15, -0.1) is 0 Å². The summed E-state index contributed by atoms with van der Waals surface area (Å²) in [4.78, 5) is 0. The standard InChI is InChI=1S/C12H15F2N/c13-9-3-6-11(12(14)7-9)8-1-4-10(15)5-2-8/h3,6-8,10H,1-2,4-5,15H2. The van der Waals surface area contributed by atoms with Crippen molar-refractivity contribution in [3.8, 4) is 0 Å². The van der Waals surface area contributed by atoms with E-state index in [0.29, 0.717) is 5.56 Å². The Balaban J connectivity index is 2.15. The van der Waals surface area contributed by atoms with E-state index in [1.807, 2.05) is 0 Å². The summed E-state index contributed by atoms with van der Waals surface area (Å²) in [7, 11) is 0. The van der Waals surface area contributed by atoms with Gasteiger partial charge in [0.15, 0.2) is 0 Å².